The lowest BCUT2D eigenvalue weighted by Crippen LogP contribution is -2.34. The van der Waals surface area contributed by atoms with Crippen molar-refractivity contribution in [3.8, 4) is 0 Å². The molecule has 90 valence electrons. The molecule has 1 aromatic rings. The van der Waals surface area contributed by atoms with Crippen LogP contribution in [0.2, 0.25) is 0 Å². The van der Waals surface area contributed by atoms with E-state index in [0.717, 1.165) is 5.56 Å². The number of fused-ring (bicyclic) bond motifs is 1. The minimum atomic E-state index is -4.30. The van der Waals surface area contributed by atoms with Gasteiger partial charge in [0.25, 0.3) is 0 Å². The van der Waals surface area contributed by atoms with Gasteiger partial charge in [0.15, 0.2) is 0 Å². The zero-order chi connectivity index (χ0) is 12.0. The third-order valence-corrected chi connectivity index (χ3v) is 3.28. The average Bonchev–Trinajstić information content (AvgIpc) is 3.02. The van der Waals surface area contributed by atoms with Crippen molar-refractivity contribution in [2.45, 2.75) is 18.3 Å². The second-order valence-electron chi connectivity index (χ2n) is 4.30. The molecule has 2 nitrogen and oxygen atoms in total. The van der Waals surface area contributed by atoms with Crippen LogP contribution >= 0.6 is 0 Å². The smallest absolute Gasteiger partial charge is 0.282 e. The molecule has 17 heavy (non-hydrogen) atoms. The van der Waals surface area contributed by atoms with Crippen molar-refractivity contribution >= 4 is 5.71 Å². The molecule has 0 spiro atoms. The van der Waals surface area contributed by atoms with Crippen LogP contribution in [0.4, 0.5) is 13.2 Å². The number of hydrogen-bond acceptors (Lipinski definition) is 2. The Hall–Kier alpha value is -1.36. The van der Waals surface area contributed by atoms with Gasteiger partial charge < -0.3 is 0 Å². The first-order chi connectivity index (χ1) is 8.09. The van der Waals surface area contributed by atoms with Crippen molar-refractivity contribution in [3.05, 3.63) is 35.9 Å². The standard InChI is InChI=1S/C12H11F3N2/c13-12(14,15)11-10-9(17(10)7-6-16-11)8-4-2-1-3-5-8/h1-5,9-10H,6-7H2/t9-,10+,17?/m0/s1. The van der Waals surface area contributed by atoms with E-state index in [2.05, 4.69) is 4.99 Å². The molecule has 3 rings (SSSR count). The van der Waals surface area contributed by atoms with Gasteiger partial charge in [0.2, 0.25) is 0 Å². The fourth-order valence-corrected chi connectivity index (χ4v) is 2.52. The first kappa shape index (κ1) is 10.8. The van der Waals surface area contributed by atoms with Gasteiger partial charge in [-0.2, -0.15) is 13.2 Å². The Morgan fingerprint density at radius 3 is 2.47 bits per heavy atom. The van der Waals surface area contributed by atoms with E-state index >= 15 is 0 Å². The van der Waals surface area contributed by atoms with E-state index in [4.69, 9.17) is 0 Å². The predicted octanol–water partition coefficient (Wildman–Crippen LogP) is 2.43. The molecule has 3 atom stereocenters. The molecule has 0 aliphatic carbocycles. The van der Waals surface area contributed by atoms with Crippen molar-refractivity contribution in [1.82, 2.24) is 4.90 Å². The van der Waals surface area contributed by atoms with E-state index < -0.39 is 17.9 Å². The molecule has 0 radical (unpaired) electrons. The van der Waals surface area contributed by atoms with E-state index in [1.807, 2.05) is 35.2 Å². The van der Waals surface area contributed by atoms with E-state index in [9.17, 15) is 13.2 Å². The van der Waals surface area contributed by atoms with E-state index in [1.165, 1.54) is 0 Å². The molecule has 1 fully saturated rings. The van der Waals surface area contributed by atoms with Crippen molar-refractivity contribution in [3.63, 3.8) is 0 Å². The molecule has 0 aromatic heterocycles. The number of halogens is 3. The van der Waals surface area contributed by atoms with Crippen molar-refractivity contribution in [1.29, 1.82) is 0 Å². The number of benzene rings is 1. The summed E-state index contributed by atoms with van der Waals surface area (Å²) in [5, 5.41) is 0. The van der Waals surface area contributed by atoms with Gasteiger partial charge in [0.1, 0.15) is 5.71 Å². The lowest BCUT2D eigenvalue weighted by Gasteiger charge is -2.14. The molecule has 1 saturated heterocycles. The van der Waals surface area contributed by atoms with Crippen LogP contribution in [0.1, 0.15) is 11.6 Å². The van der Waals surface area contributed by atoms with Crippen molar-refractivity contribution in [2.75, 3.05) is 13.1 Å². The Morgan fingerprint density at radius 2 is 1.82 bits per heavy atom. The fraction of sp³-hybridized carbons (Fsp3) is 0.417. The maximum Gasteiger partial charge on any atom is 0.430 e. The molecule has 0 saturated carbocycles. The summed E-state index contributed by atoms with van der Waals surface area (Å²) in [6.45, 7) is 0.860. The van der Waals surface area contributed by atoms with Crippen LogP contribution in [0.15, 0.2) is 35.3 Å². The van der Waals surface area contributed by atoms with Gasteiger partial charge in [-0.15, -0.1) is 0 Å². The summed E-state index contributed by atoms with van der Waals surface area (Å²) in [5.74, 6) is 0. The van der Waals surface area contributed by atoms with Crippen LogP contribution in [0.5, 0.6) is 0 Å². The van der Waals surface area contributed by atoms with Crippen LogP contribution in [0, 0.1) is 0 Å². The van der Waals surface area contributed by atoms with Crippen LogP contribution < -0.4 is 0 Å². The number of nitrogens with zero attached hydrogens (tertiary/aromatic N) is 2. The maximum atomic E-state index is 12.7. The highest BCUT2D eigenvalue weighted by atomic mass is 19.4. The molecule has 2 aliphatic heterocycles. The number of aliphatic imine (C=N–C) groups is 1. The largest absolute Gasteiger partial charge is 0.430 e. The highest BCUT2D eigenvalue weighted by molar-refractivity contribution is 5.98. The molecule has 0 bridgehead atoms. The van der Waals surface area contributed by atoms with Crippen molar-refractivity contribution in [2.24, 2.45) is 4.99 Å². The van der Waals surface area contributed by atoms with Crippen LogP contribution in [0.25, 0.3) is 0 Å². The molecule has 1 aromatic carbocycles. The predicted molar refractivity (Wildman–Crippen MR) is 58.0 cm³/mol. The summed E-state index contributed by atoms with van der Waals surface area (Å²) in [4.78, 5) is 5.50. The number of alkyl halides is 3. The minimum absolute atomic E-state index is 0.140. The summed E-state index contributed by atoms with van der Waals surface area (Å²) in [6.07, 6.45) is -4.30. The Bertz CT molecular complexity index is 453. The van der Waals surface area contributed by atoms with Gasteiger partial charge in [-0.25, -0.2) is 0 Å². The lowest BCUT2D eigenvalue weighted by molar-refractivity contribution is -0.0613. The van der Waals surface area contributed by atoms with E-state index in [1.54, 1.807) is 0 Å². The summed E-state index contributed by atoms with van der Waals surface area (Å²) in [6, 6.07) is 8.61. The molecule has 0 N–H and O–H groups in total. The Labute approximate surface area is 96.8 Å². The lowest BCUT2D eigenvalue weighted by atomic mass is 10.1. The highest BCUT2D eigenvalue weighted by Gasteiger charge is 2.59. The SMILES string of the molecule is FC(F)(F)C1=NCCN2[C@@H]1[C@@H]2c1ccccc1. The minimum Gasteiger partial charge on any atom is -0.282 e. The van der Waals surface area contributed by atoms with E-state index in [0.29, 0.717) is 6.54 Å². The quantitative estimate of drug-likeness (QED) is 0.688. The molecular formula is C12H11F3N2. The van der Waals surface area contributed by atoms with Crippen LogP contribution in [0.3, 0.4) is 0 Å². The second-order valence-corrected chi connectivity index (χ2v) is 4.30. The third-order valence-electron chi connectivity index (χ3n) is 3.28. The molecule has 1 unspecified atom stereocenters. The summed E-state index contributed by atoms with van der Waals surface area (Å²) in [5.41, 5.74) is 0.328. The Balaban J connectivity index is 1.88. The third kappa shape index (κ3) is 1.74. The first-order valence-electron chi connectivity index (χ1n) is 5.51. The topological polar surface area (TPSA) is 15.4 Å². The van der Waals surface area contributed by atoms with Gasteiger partial charge in [0.05, 0.1) is 18.6 Å². The second kappa shape index (κ2) is 3.57. The van der Waals surface area contributed by atoms with Gasteiger partial charge in [-0.3, -0.25) is 9.89 Å². The summed E-state index contributed by atoms with van der Waals surface area (Å²) in [7, 11) is 0. The summed E-state index contributed by atoms with van der Waals surface area (Å²) >= 11 is 0. The Kier molecular flexibility index (Phi) is 2.26. The van der Waals surface area contributed by atoms with Gasteiger partial charge in [-0.05, 0) is 5.56 Å². The monoisotopic (exact) mass is 240 g/mol. The van der Waals surface area contributed by atoms with Gasteiger partial charge in [-0.1, -0.05) is 30.3 Å². The maximum absolute atomic E-state index is 12.7. The molecule has 0 amide bonds. The van der Waals surface area contributed by atoms with Gasteiger partial charge >= 0.3 is 6.18 Å². The summed E-state index contributed by atoms with van der Waals surface area (Å²) < 4.78 is 38.2. The highest BCUT2D eigenvalue weighted by Crippen LogP contribution is 2.47. The number of hydrogen-bond donors (Lipinski definition) is 0. The zero-order valence-corrected chi connectivity index (χ0v) is 8.98. The van der Waals surface area contributed by atoms with Gasteiger partial charge in [0, 0.05) is 6.54 Å². The zero-order valence-electron chi connectivity index (χ0n) is 8.98. The number of rotatable bonds is 1. The molecule has 2 heterocycles. The normalized spacial score (nSPS) is 31.7. The average molecular weight is 240 g/mol. The Morgan fingerprint density at radius 1 is 1.12 bits per heavy atom. The van der Waals surface area contributed by atoms with Crippen molar-refractivity contribution < 1.29 is 13.2 Å². The molecule has 5 heteroatoms. The molecular weight excluding hydrogens is 229 g/mol. The fourth-order valence-electron chi connectivity index (χ4n) is 2.52. The molecule has 2 aliphatic rings. The van der Waals surface area contributed by atoms with Crippen LogP contribution in [-0.4, -0.2) is 35.9 Å². The van der Waals surface area contributed by atoms with E-state index in [-0.39, 0.29) is 12.6 Å². The first-order valence-corrected chi connectivity index (χ1v) is 5.51. The van der Waals surface area contributed by atoms with Crippen LogP contribution in [-0.2, 0) is 0 Å².